The Morgan fingerprint density at radius 1 is 1.12 bits per heavy atom. The summed E-state index contributed by atoms with van der Waals surface area (Å²) < 4.78 is 6.96. The fourth-order valence-corrected chi connectivity index (χ4v) is 7.23. The minimum Gasteiger partial charge on any atom is -0.414 e. The lowest BCUT2D eigenvalue weighted by Crippen LogP contribution is -2.50. The van der Waals surface area contributed by atoms with Gasteiger partial charge in [0.05, 0.1) is 0 Å². The molecule has 0 unspecified atom stereocenters. The molecule has 3 saturated carbocycles. The van der Waals surface area contributed by atoms with E-state index in [1.165, 1.54) is 44.9 Å². The van der Waals surface area contributed by atoms with Gasteiger partial charge in [0.15, 0.2) is 8.32 Å². The molecule has 0 saturated heterocycles. The summed E-state index contributed by atoms with van der Waals surface area (Å²) in [5, 5.41) is 0.306. The Morgan fingerprint density at radius 2 is 1.79 bits per heavy atom. The monoisotopic (exact) mass is 346 g/mol. The van der Waals surface area contributed by atoms with Gasteiger partial charge in [-0.25, -0.2) is 0 Å². The highest BCUT2D eigenvalue weighted by molar-refractivity contribution is 6.74. The van der Waals surface area contributed by atoms with E-state index in [2.05, 4.69) is 46.7 Å². The summed E-state index contributed by atoms with van der Waals surface area (Å²) in [5.41, 5.74) is 0.968. The zero-order valence-corrected chi connectivity index (χ0v) is 17.9. The van der Waals surface area contributed by atoms with Crippen molar-refractivity contribution in [1.29, 1.82) is 0 Å². The van der Waals surface area contributed by atoms with Gasteiger partial charge in [-0.1, -0.05) is 34.1 Å². The molecule has 0 N–H and O–H groups in total. The number of hydrogen-bond donors (Lipinski definition) is 0. The molecule has 2 heteroatoms. The molecular weight excluding hydrogens is 308 g/mol. The lowest BCUT2D eigenvalue weighted by atomic mass is 9.60. The van der Waals surface area contributed by atoms with Crippen LogP contribution in [-0.2, 0) is 4.43 Å². The molecule has 3 aliphatic carbocycles. The van der Waals surface area contributed by atoms with E-state index in [1.54, 1.807) is 0 Å². The standard InChI is InChI=1S/C22H38OSi/c1-8-13-22(15-16-22)19-12-11-17-18(10-9-14-21(17,19)5)23-24(6,7)20(2,3)4/h1,17-19H,9-16H2,2-7H3/t17-,18-,19-,21-/m0/s1. The summed E-state index contributed by atoms with van der Waals surface area (Å²) in [6.07, 6.45) is 16.7. The van der Waals surface area contributed by atoms with Gasteiger partial charge in [0.2, 0.25) is 0 Å². The van der Waals surface area contributed by atoms with Crippen molar-refractivity contribution in [1.82, 2.24) is 0 Å². The first kappa shape index (κ1) is 18.5. The van der Waals surface area contributed by atoms with Crippen molar-refractivity contribution >= 4 is 8.32 Å². The van der Waals surface area contributed by atoms with Crippen LogP contribution in [0.15, 0.2) is 0 Å². The van der Waals surface area contributed by atoms with Crippen molar-refractivity contribution in [3.05, 3.63) is 0 Å². The van der Waals surface area contributed by atoms with E-state index < -0.39 is 8.32 Å². The van der Waals surface area contributed by atoms with Gasteiger partial charge in [-0.15, -0.1) is 12.3 Å². The van der Waals surface area contributed by atoms with Gasteiger partial charge in [-0.05, 0) is 79.3 Å². The molecule has 3 aliphatic rings. The molecule has 3 rings (SSSR count). The molecule has 3 fully saturated rings. The van der Waals surface area contributed by atoms with E-state index >= 15 is 0 Å². The zero-order valence-electron chi connectivity index (χ0n) is 16.9. The SMILES string of the molecule is C#CCC1([C@H]2CC[C@H]3[C@@H](O[Si](C)(C)C(C)(C)C)CCC[C@]23C)CC1. The highest BCUT2D eigenvalue weighted by Crippen LogP contribution is 2.69. The van der Waals surface area contributed by atoms with Crippen molar-refractivity contribution in [3.8, 4) is 12.3 Å². The van der Waals surface area contributed by atoms with Gasteiger partial charge in [0.1, 0.15) is 0 Å². The summed E-state index contributed by atoms with van der Waals surface area (Å²) in [5.74, 6) is 4.61. The predicted octanol–water partition coefficient (Wildman–Crippen LogP) is 6.40. The first-order valence-electron chi connectivity index (χ1n) is 10.2. The molecular formula is C22H38OSi. The summed E-state index contributed by atoms with van der Waals surface area (Å²) >= 11 is 0. The van der Waals surface area contributed by atoms with Gasteiger partial charge >= 0.3 is 0 Å². The van der Waals surface area contributed by atoms with E-state index in [9.17, 15) is 0 Å². The molecule has 0 heterocycles. The second kappa shape index (κ2) is 5.88. The average Bonchev–Trinajstić information content (AvgIpc) is 3.12. The average molecular weight is 347 g/mol. The van der Waals surface area contributed by atoms with Crippen LogP contribution in [0.25, 0.3) is 0 Å². The van der Waals surface area contributed by atoms with Crippen LogP contribution in [-0.4, -0.2) is 14.4 Å². The highest BCUT2D eigenvalue weighted by atomic mass is 28.4. The minimum atomic E-state index is -1.68. The summed E-state index contributed by atoms with van der Waals surface area (Å²) in [7, 11) is -1.68. The van der Waals surface area contributed by atoms with E-state index in [1.807, 2.05) is 0 Å². The Hall–Kier alpha value is -0.263. The molecule has 1 nitrogen and oxygen atoms in total. The van der Waals surface area contributed by atoms with Crippen molar-refractivity contribution in [2.24, 2.45) is 22.7 Å². The largest absolute Gasteiger partial charge is 0.414 e. The molecule has 24 heavy (non-hydrogen) atoms. The zero-order chi connectivity index (χ0) is 17.8. The van der Waals surface area contributed by atoms with Crippen LogP contribution in [0.2, 0.25) is 18.1 Å². The summed E-state index contributed by atoms with van der Waals surface area (Å²) in [4.78, 5) is 0. The topological polar surface area (TPSA) is 9.23 Å². The predicted molar refractivity (Wildman–Crippen MR) is 105 cm³/mol. The van der Waals surface area contributed by atoms with Crippen LogP contribution in [0, 0.1) is 35.0 Å². The molecule has 4 atom stereocenters. The Morgan fingerprint density at radius 3 is 2.33 bits per heavy atom. The summed E-state index contributed by atoms with van der Waals surface area (Å²) in [6.45, 7) is 14.5. The third-order valence-electron chi connectivity index (χ3n) is 8.40. The molecule has 0 aromatic carbocycles. The Labute approximate surface area is 151 Å². The highest BCUT2D eigenvalue weighted by Gasteiger charge is 2.62. The van der Waals surface area contributed by atoms with Crippen molar-refractivity contribution in [2.45, 2.75) is 103 Å². The molecule has 0 aromatic heterocycles. The van der Waals surface area contributed by atoms with Crippen LogP contribution in [0.3, 0.4) is 0 Å². The van der Waals surface area contributed by atoms with Gasteiger partial charge in [0, 0.05) is 12.5 Å². The second-order valence-electron chi connectivity index (χ2n) is 10.8. The van der Waals surface area contributed by atoms with Gasteiger partial charge in [-0.2, -0.15) is 0 Å². The van der Waals surface area contributed by atoms with Crippen LogP contribution in [0.1, 0.15) is 79.1 Å². The van der Waals surface area contributed by atoms with Gasteiger partial charge in [0.25, 0.3) is 0 Å². The van der Waals surface area contributed by atoms with E-state index in [0.717, 1.165) is 18.3 Å². The number of hydrogen-bond acceptors (Lipinski definition) is 1. The maximum absolute atomic E-state index is 6.96. The van der Waals surface area contributed by atoms with E-state index in [0.29, 0.717) is 22.0 Å². The van der Waals surface area contributed by atoms with Gasteiger partial charge < -0.3 is 4.43 Å². The molecule has 0 bridgehead atoms. The Bertz CT molecular complexity index is 519. The van der Waals surface area contributed by atoms with Crippen LogP contribution < -0.4 is 0 Å². The fourth-order valence-electron chi connectivity index (χ4n) is 5.83. The summed E-state index contributed by atoms with van der Waals surface area (Å²) in [6, 6.07) is 0. The van der Waals surface area contributed by atoms with Crippen molar-refractivity contribution < 1.29 is 4.43 Å². The lowest BCUT2D eigenvalue weighted by Gasteiger charge is -2.50. The molecule has 0 aliphatic heterocycles. The molecule has 0 amide bonds. The van der Waals surface area contributed by atoms with Crippen LogP contribution in [0.5, 0.6) is 0 Å². The number of fused-ring (bicyclic) bond motifs is 1. The second-order valence-corrected chi connectivity index (χ2v) is 15.6. The normalized spacial score (nSPS) is 38.5. The van der Waals surface area contributed by atoms with E-state index in [-0.39, 0.29) is 0 Å². The minimum absolute atomic E-state index is 0.306. The van der Waals surface area contributed by atoms with E-state index in [4.69, 9.17) is 10.8 Å². The molecule has 0 aromatic rings. The third-order valence-corrected chi connectivity index (χ3v) is 12.9. The smallest absolute Gasteiger partial charge is 0.192 e. The molecule has 0 spiro atoms. The number of terminal acetylenes is 1. The van der Waals surface area contributed by atoms with Crippen molar-refractivity contribution in [2.75, 3.05) is 0 Å². The first-order valence-corrected chi connectivity index (χ1v) is 13.1. The van der Waals surface area contributed by atoms with Crippen molar-refractivity contribution in [3.63, 3.8) is 0 Å². The Balaban J connectivity index is 1.79. The molecule has 136 valence electrons. The van der Waals surface area contributed by atoms with Crippen LogP contribution >= 0.6 is 0 Å². The maximum atomic E-state index is 6.96. The molecule has 0 radical (unpaired) electrons. The third kappa shape index (κ3) is 2.90. The quantitative estimate of drug-likeness (QED) is 0.423. The lowest BCUT2D eigenvalue weighted by molar-refractivity contribution is -0.0254. The maximum Gasteiger partial charge on any atom is 0.192 e. The number of rotatable bonds is 4. The van der Waals surface area contributed by atoms with Gasteiger partial charge in [-0.3, -0.25) is 0 Å². The first-order chi connectivity index (χ1) is 11.1. The fraction of sp³-hybridized carbons (Fsp3) is 0.909. The Kier molecular flexibility index (Phi) is 4.54. The van der Waals surface area contributed by atoms with Crippen LogP contribution in [0.4, 0.5) is 0 Å².